The van der Waals surface area contributed by atoms with Crippen LogP contribution in [0.2, 0.25) is 5.54 Å². The van der Waals surface area contributed by atoms with Crippen molar-refractivity contribution in [3.8, 4) is 0 Å². The Morgan fingerprint density at radius 1 is 0.800 bits per heavy atom. The van der Waals surface area contributed by atoms with Crippen LogP contribution in [-0.2, 0) is 0 Å². The predicted octanol–water partition coefficient (Wildman–Crippen LogP) is 2.84. The highest BCUT2D eigenvalue weighted by Crippen LogP contribution is 2.24. The summed E-state index contributed by atoms with van der Waals surface area (Å²) in [5, 5.41) is 0. The number of hydrogen-bond donors (Lipinski definition) is 0. The molecule has 0 spiro atoms. The molecule has 0 unspecified atom stereocenters. The zero-order valence-electron chi connectivity index (χ0n) is 6.34. The Labute approximate surface area is 98.3 Å². The van der Waals surface area contributed by atoms with Gasteiger partial charge in [0, 0.05) is 10.2 Å². The summed E-state index contributed by atoms with van der Waals surface area (Å²) in [7, 11) is 1.45. The topological polar surface area (TPSA) is 0 Å². The molecule has 1 saturated carbocycles. The Morgan fingerprint density at radius 3 is 1.40 bits per heavy atom. The molecule has 0 aliphatic heterocycles. The molecular weight excluding hydrogens is 340 g/mol. The van der Waals surface area contributed by atoms with Gasteiger partial charge in [0.15, 0.2) is 0 Å². The van der Waals surface area contributed by atoms with Crippen LogP contribution in [0, 0.1) is 0 Å². The Kier molecular flexibility index (Phi) is 18.8. The summed E-state index contributed by atoms with van der Waals surface area (Å²) in [6.07, 6.45) is 7.65. The largest absolute Gasteiger partial charge is 0.114 e. The van der Waals surface area contributed by atoms with Gasteiger partial charge in [0.25, 0.3) is 0 Å². The van der Waals surface area contributed by atoms with Crippen LogP contribution >= 0.6 is 50.9 Å². The summed E-state index contributed by atoms with van der Waals surface area (Å²) in [5.41, 5.74) is 1.17. The van der Waals surface area contributed by atoms with Crippen LogP contribution < -0.4 is 0 Å². The molecular formula is C6H17Br3Si. The fraction of sp³-hybridized carbons (Fsp3) is 1.00. The molecule has 0 bridgehead atoms. The second kappa shape index (κ2) is 10.7. The molecule has 0 aromatic heterocycles. The van der Waals surface area contributed by atoms with Crippen LogP contribution in [0.25, 0.3) is 0 Å². The van der Waals surface area contributed by atoms with E-state index in [1.807, 2.05) is 0 Å². The Hall–Kier alpha value is 1.66. The van der Waals surface area contributed by atoms with E-state index in [1.54, 1.807) is 12.8 Å². The van der Waals surface area contributed by atoms with Crippen LogP contribution in [0.3, 0.4) is 0 Å². The fourth-order valence-corrected chi connectivity index (χ4v) is 2.12. The van der Waals surface area contributed by atoms with Gasteiger partial charge in [-0.15, -0.1) is 50.9 Å². The number of hydrogen-bond acceptors (Lipinski definition) is 0. The van der Waals surface area contributed by atoms with E-state index < -0.39 is 0 Å². The third-order valence-corrected chi connectivity index (χ3v) is 3.05. The van der Waals surface area contributed by atoms with Gasteiger partial charge in [-0.05, 0) is 0 Å². The normalized spacial score (nSPS) is 18.0. The molecule has 0 atom stereocenters. The number of halogens is 3. The van der Waals surface area contributed by atoms with Gasteiger partial charge in [-0.1, -0.05) is 37.6 Å². The van der Waals surface area contributed by atoms with E-state index in [4.69, 9.17) is 0 Å². The molecule has 1 rings (SSSR count). The van der Waals surface area contributed by atoms with Crippen LogP contribution in [0.5, 0.6) is 0 Å². The van der Waals surface area contributed by atoms with Crippen molar-refractivity contribution in [1.29, 1.82) is 0 Å². The first-order valence-corrected chi connectivity index (χ1v) is 4.55. The molecule has 0 heterocycles. The van der Waals surface area contributed by atoms with Gasteiger partial charge in [-0.25, -0.2) is 0 Å². The van der Waals surface area contributed by atoms with Crippen molar-refractivity contribution in [3.63, 3.8) is 0 Å². The fourth-order valence-electron chi connectivity index (χ4n) is 1.31. The monoisotopic (exact) mass is 354 g/mol. The van der Waals surface area contributed by atoms with Crippen molar-refractivity contribution in [2.24, 2.45) is 0 Å². The van der Waals surface area contributed by atoms with Gasteiger partial charge in [0.05, 0.1) is 0 Å². The van der Waals surface area contributed by atoms with E-state index in [0.717, 1.165) is 0 Å². The lowest BCUT2D eigenvalue weighted by molar-refractivity contribution is 0.504. The smallest absolute Gasteiger partial charge is 0.00672 e. The zero-order valence-corrected chi connectivity index (χ0v) is 13.5. The molecule has 66 valence electrons. The zero-order chi connectivity index (χ0) is 5.11. The van der Waals surface area contributed by atoms with Crippen LogP contribution in [0.4, 0.5) is 0 Å². The SMILES string of the molecule is Br.Br.Br.[SiH3]C1CCCCC1. The van der Waals surface area contributed by atoms with Gasteiger partial charge in [-0.2, -0.15) is 0 Å². The van der Waals surface area contributed by atoms with Gasteiger partial charge in [0.1, 0.15) is 0 Å². The van der Waals surface area contributed by atoms with Crippen LogP contribution in [0.1, 0.15) is 32.1 Å². The lowest BCUT2D eigenvalue weighted by atomic mass is 10.0. The highest BCUT2D eigenvalue weighted by atomic mass is 79.9. The lowest BCUT2D eigenvalue weighted by Crippen LogP contribution is -1.98. The molecule has 4 heteroatoms. The number of rotatable bonds is 0. The van der Waals surface area contributed by atoms with Crippen molar-refractivity contribution in [2.75, 3.05) is 0 Å². The van der Waals surface area contributed by atoms with Crippen molar-refractivity contribution in [2.45, 2.75) is 37.6 Å². The molecule has 0 aromatic rings. The first-order valence-electron chi connectivity index (χ1n) is 3.39. The van der Waals surface area contributed by atoms with E-state index in [0.29, 0.717) is 0 Å². The highest BCUT2D eigenvalue weighted by Gasteiger charge is 2.05. The van der Waals surface area contributed by atoms with E-state index in [9.17, 15) is 0 Å². The summed E-state index contributed by atoms with van der Waals surface area (Å²) in [4.78, 5) is 0. The Morgan fingerprint density at radius 2 is 1.20 bits per heavy atom. The summed E-state index contributed by atoms with van der Waals surface area (Å²) in [5.74, 6) is 0. The molecule has 0 aromatic carbocycles. The van der Waals surface area contributed by atoms with Crippen molar-refractivity contribution < 1.29 is 0 Å². The molecule has 0 radical (unpaired) electrons. The maximum absolute atomic E-state index is 1.55. The average molecular weight is 357 g/mol. The first kappa shape index (κ1) is 17.7. The molecule has 10 heavy (non-hydrogen) atoms. The molecule has 0 nitrogen and oxygen atoms in total. The average Bonchev–Trinajstić information content (AvgIpc) is 1.69. The van der Waals surface area contributed by atoms with E-state index >= 15 is 0 Å². The van der Waals surface area contributed by atoms with Crippen LogP contribution in [0.15, 0.2) is 0 Å². The standard InChI is InChI=1S/C6H14Si.3BrH/c7-6-4-2-1-3-5-6;;;/h6H,1-5H2,7H3;3*1H. The Bertz CT molecular complexity index is 55.0. The minimum absolute atomic E-state index is 0. The quantitative estimate of drug-likeness (QED) is 0.585. The third-order valence-electron chi connectivity index (χ3n) is 1.89. The second-order valence-corrected chi connectivity index (χ2v) is 4.38. The van der Waals surface area contributed by atoms with Crippen molar-refractivity contribution in [3.05, 3.63) is 0 Å². The van der Waals surface area contributed by atoms with E-state index in [1.165, 1.54) is 35.0 Å². The lowest BCUT2D eigenvalue weighted by Gasteiger charge is -2.15. The molecule has 1 fully saturated rings. The molecule has 0 N–H and O–H groups in total. The van der Waals surface area contributed by atoms with Gasteiger partial charge in [0.2, 0.25) is 0 Å². The highest BCUT2D eigenvalue weighted by molar-refractivity contribution is 8.93. The molecule has 0 amide bonds. The van der Waals surface area contributed by atoms with E-state index in [2.05, 4.69) is 0 Å². The minimum atomic E-state index is 0. The van der Waals surface area contributed by atoms with Crippen molar-refractivity contribution >= 4 is 61.2 Å². The van der Waals surface area contributed by atoms with Crippen LogP contribution in [-0.4, -0.2) is 10.2 Å². The third kappa shape index (κ3) is 7.76. The van der Waals surface area contributed by atoms with Gasteiger partial charge < -0.3 is 0 Å². The summed E-state index contributed by atoms with van der Waals surface area (Å²) >= 11 is 0. The molecule has 1 aliphatic rings. The minimum Gasteiger partial charge on any atom is -0.114 e. The molecule has 1 aliphatic carbocycles. The summed E-state index contributed by atoms with van der Waals surface area (Å²) in [6, 6.07) is 0. The first-order chi connectivity index (χ1) is 3.39. The summed E-state index contributed by atoms with van der Waals surface area (Å²) in [6.45, 7) is 0. The summed E-state index contributed by atoms with van der Waals surface area (Å²) < 4.78 is 0. The van der Waals surface area contributed by atoms with Gasteiger partial charge >= 0.3 is 0 Å². The van der Waals surface area contributed by atoms with E-state index in [-0.39, 0.29) is 50.9 Å². The predicted molar refractivity (Wildman–Crippen MR) is 67.7 cm³/mol. The maximum Gasteiger partial charge on any atom is 0.00672 e. The maximum atomic E-state index is 1.55. The Balaban J connectivity index is -0.000000163. The molecule has 0 saturated heterocycles. The van der Waals surface area contributed by atoms with Gasteiger partial charge in [-0.3, -0.25) is 0 Å². The van der Waals surface area contributed by atoms with Crippen molar-refractivity contribution in [1.82, 2.24) is 0 Å². The second-order valence-electron chi connectivity index (χ2n) is 2.74.